The molecule has 0 aromatic carbocycles. The third kappa shape index (κ3) is 3.84. The monoisotopic (exact) mass is 270 g/mol. The molecule has 1 rings (SSSR count). The van der Waals surface area contributed by atoms with E-state index in [1.54, 1.807) is 11.6 Å². The summed E-state index contributed by atoms with van der Waals surface area (Å²) in [6, 6.07) is 0. The van der Waals surface area contributed by atoms with Crippen LogP contribution in [0.5, 0.6) is 0 Å². The van der Waals surface area contributed by atoms with Crippen LogP contribution in [0.15, 0.2) is 23.9 Å². The average Bonchev–Trinajstić information content (AvgIpc) is 2.55. The van der Waals surface area contributed by atoms with Crippen molar-refractivity contribution >= 4 is 57.1 Å². The highest BCUT2D eigenvalue weighted by Crippen LogP contribution is 2.27. The van der Waals surface area contributed by atoms with Crippen molar-refractivity contribution < 1.29 is 4.79 Å². The number of aromatic nitrogens is 1. The fourth-order valence-corrected chi connectivity index (χ4v) is 1.28. The first-order valence-electron chi connectivity index (χ1n) is 3.44. The number of halogens is 3. The Bertz CT molecular complexity index is 331. The lowest BCUT2D eigenvalue weighted by Gasteiger charge is -2.04. The van der Waals surface area contributed by atoms with Crippen LogP contribution >= 0.6 is 46.1 Å². The van der Waals surface area contributed by atoms with Gasteiger partial charge in [-0.1, -0.05) is 34.8 Å². The van der Waals surface area contributed by atoms with Crippen LogP contribution in [0.3, 0.4) is 0 Å². The Kier molecular flexibility index (Phi) is 4.19. The maximum Gasteiger partial charge on any atom is 0.252 e. The number of nitrogens with zero attached hydrogens (tertiary/aromatic N) is 1. The molecule has 0 amide bonds. The molecule has 0 aliphatic carbocycles. The standard InChI is InChI=1S/C7H5Cl3N2OS/c8-7(9,10)5(13)1-2-11-6-12-3-4-14-6/h1-4H,(H,11,12)/b2-1+. The van der Waals surface area contributed by atoms with Gasteiger partial charge in [0.1, 0.15) is 0 Å². The Morgan fingerprint density at radius 1 is 1.57 bits per heavy atom. The first-order valence-corrected chi connectivity index (χ1v) is 5.45. The average molecular weight is 272 g/mol. The zero-order valence-electron chi connectivity index (χ0n) is 6.71. The molecule has 7 heteroatoms. The number of anilines is 1. The lowest BCUT2D eigenvalue weighted by molar-refractivity contribution is -0.113. The van der Waals surface area contributed by atoms with Crippen LogP contribution in [0.4, 0.5) is 5.13 Å². The molecule has 0 unspecified atom stereocenters. The van der Waals surface area contributed by atoms with Gasteiger partial charge in [-0.05, 0) is 0 Å². The Labute approximate surface area is 99.7 Å². The van der Waals surface area contributed by atoms with Gasteiger partial charge in [0.05, 0.1) is 0 Å². The molecule has 0 spiro atoms. The summed E-state index contributed by atoms with van der Waals surface area (Å²) in [6.07, 6.45) is 4.16. The minimum atomic E-state index is -1.90. The molecule has 0 aliphatic heterocycles. The minimum Gasteiger partial charge on any atom is -0.338 e. The van der Waals surface area contributed by atoms with E-state index < -0.39 is 9.58 Å². The van der Waals surface area contributed by atoms with Crippen molar-refractivity contribution in [2.24, 2.45) is 0 Å². The van der Waals surface area contributed by atoms with E-state index >= 15 is 0 Å². The van der Waals surface area contributed by atoms with Crippen LogP contribution in [0.25, 0.3) is 0 Å². The smallest absolute Gasteiger partial charge is 0.252 e. The van der Waals surface area contributed by atoms with Crippen LogP contribution in [0.1, 0.15) is 0 Å². The van der Waals surface area contributed by atoms with Crippen molar-refractivity contribution in [2.75, 3.05) is 5.32 Å². The molecule has 0 saturated heterocycles. The molecule has 0 saturated carbocycles. The summed E-state index contributed by atoms with van der Waals surface area (Å²) in [5.41, 5.74) is 0. The highest BCUT2D eigenvalue weighted by molar-refractivity contribution is 7.13. The van der Waals surface area contributed by atoms with Crippen molar-refractivity contribution in [3.63, 3.8) is 0 Å². The topological polar surface area (TPSA) is 42.0 Å². The molecular formula is C7H5Cl3N2OS. The van der Waals surface area contributed by atoms with Crippen molar-refractivity contribution in [3.05, 3.63) is 23.9 Å². The maximum absolute atomic E-state index is 11.1. The van der Waals surface area contributed by atoms with E-state index in [4.69, 9.17) is 34.8 Å². The second-order valence-electron chi connectivity index (χ2n) is 2.18. The lowest BCUT2D eigenvalue weighted by Crippen LogP contribution is -2.15. The number of thiazole rings is 1. The molecule has 0 bridgehead atoms. The number of nitrogens with one attached hydrogen (secondary N) is 1. The van der Waals surface area contributed by atoms with E-state index in [-0.39, 0.29) is 0 Å². The number of carbonyl (C=O) groups is 1. The first kappa shape index (κ1) is 11.8. The van der Waals surface area contributed by atoms with Gasteiger partial charge in [-0.3, -0.25) is 4.79 Å². The van der Waals surface area contributed by atoms with Gasteiger partial charge in [0.25, 0.3) is 3.79 Å². The zero-order valence-corrected chi connectivity index (χ0v) is 9.79. The van der Waals surface area contributed by atoms with Crippen molar-refractivity contribution in [2.45, 2.75) is 3.79 Å². The van der Waals surface area contributed by atoms with E-state index in [1.807, 2.05) is 0 Å². The van der Waals surface area contributed by atoms with E-state index in [1.165, 1.54) is 17.5 Å². The molecule has 0 atom stereocenters. The highest BCUT2D eigenvalue weighted by Gasteiger charge is 2.27. The maximum atomic E-state index is 11.1. The van der Waals surface area contributed by atoms with E-state index in [0.717, 1.165) is 6.08 Å². The number of ketones is 1. The summed E-state index contributed by atoms with van der Waals surface area (Å²) in [4.78, 5) is 15.0. The Hall–Kier alpha value is -0.290. The van der Waals surface area contributed by atoms with Crippen LogP contribution in [-0.4, -0.2) is 14.6 Å². The van der Waals surface area contributed by atoms with E-state index in [0.29, 0.717) is 5.13 Å². The number of hydrogen-bond donors (Lipinski definition) is 1. The minimum absolute atomic E-state index is 0.605. The Balaban J connectivity index is 2.46. The molecule has 76 valence electrons. The van der Waals surface area contributed by atoms with Gasteiger partial charge < -0.3 is 5.32 Å². The second kappa shape index (κ2) is 4.98. The fourth-order valence-electron chi connectivity index (χ4n) is 0.578. The van der Waals surface area contributed by atoms with Crippen LogP contribution in [-0.2, 0) is 4.79 Å². The summed E-state index contributed by atoms with van der Waals surface area (Å²) >= 11 is 17.4. The highest BCUT2D eigenvalue weighted by atomic mass is 35.6. The molecule has 1 aromatic rings. The van der Waals surface area contributed by atoms with Gasteiger partial charge in [0.2, 0.25) is 5.78 Å². The van der Waals surface area contributed by atoms with Crippen molar-refractivity contribution in [1.82, 2.24) is 4.98 Å². The molecule has 0 fully saturated rings. The van der Waals surface area contributed by atoms with Crippen LogP contribution in [0.2, 0.25) is 0 Å². The predicted molar refractivity (Wildman–Crippen MR) is 60.2 cm³/mol. The lowest BCUT2D eigenvalue weighted by atomic mass is 10.4. The van der Waals surface area contributed by atoms with E-state index in [2.05, 4.69) is 10.3 Å². The number of allylic oxidation sites excluding steroid dienone is 1. The Morgan fingerprint density at radius 3 is 2.79 bits per heavy atom. The number of alkyl halides is 3. The quantitative estimate of drug-likeness (QED) is 0.679. The van der Waals surface area contributed by atoms with Gasteiger partial charge >= 0.3 is 0 Å². The van der Waals surface area contributed by atoms with Gasteiger partial charge in [-0.15, -0.1) is 11.3 Å². The van der Waals surface area contributed by atoms with Crippen molar-refractivity contribution in [1.29, 1.82) is 0 Å². The molecule has 3 nitrogen and oxygen atoms in total. The summed E-state index contributed by atoms with van der Waals surface area (Å²) in [5.74, 6) is -0.605. The van der Waals surface area contributed by atoms with Gasteiger partial charge in [-0.25, -0.2) is 4.98 Å². The fraction of sp³-hybridized carbons (Fsp3) is 0.143. The SMILES string of the molecule is O=C(/C=C/Nc1nccs1)C(Cl)(Cl)Cl. The largest absolute Gasteiger partial charge is 0.338 e. The van der Waals surface area contributed by atoms with Gasteiger partial charge in [-0.2, -0.15) is 0 Å². The third-order valence-corrected chi connectivity index (χ3v) is 2.42. The molecule has 0 aliphatic rings. The number of rotatable bonds is 3. The van der Waals surface area contributed by atoms with Crippen molar-refractivity contribution in [3.8, 4) is 0 Å². The second-order valence-corrected chi connectivity index (χ2v) is 5.35. The third-order valence-electron chi connectivity index (χ3n) is 1.15. The van der Waals surface area contributed by atoms with Crippen LogP contribution in [0, 0.1) is 0 Å². The molecule has 1 heterocycles. The number of carbonyl (C=O) groups excluding carboxylic acids is 1. The molecule has 1 aromatic heterocycles. The molecule has 14 heavy (non-hydrogen) atoms. The molecule has 1 N–H and O–H groups in total. The summed E-state index contributed by atoms with van der Waals surface area (Å²) < 4.78 is -1.90. The molecular weight excluding hydrogens is 267 g/mol. The first-order chi connectivity index (χ1) is 6.50. The van der Waals surface area contributed by atoms with Gasteiger partial charge in [0.15, 0.2) is 5.13 Å². The van der Waals surface area contributed by atoms with E-state index in [9.17, 15) is 4.79 Å². The summed E-state index contributed by atoms with van der Waals surface area (Å²) in [6.45, 7) is 0. The van der Waals surface area contributed by atoms with Gasteiger partial charge in [0, 0.05) is 23.9 Å². The number of hydrogen-bond acceptors (Lipinski definition) is 4. The Morgan fingerprint density at radius 2 is 2.29 bits per heavy atom. The normalized spacial score (nSPS) is 11.9. The predicted octanol–water partition coefficient (Wildman–Crippen LogP) is 3.01. The van der Waals surface area contributed by atoms with Crippen LogP contribution < -0.4 is 5.32 Å². The summed E-state index contributed by atoms with van der Waals surface area (Å²) in [7, 11) is 0. The molecule has 0 radical (unpaired) electrons. The zero-order chi connectivity index (χ0) is 10.6. The summed E-state index contributed by atoms with van der Waals surface area (Å²) in [5, 5.41) is 5.22.